The van der Waals surface area contributed by atoms with E-state index in [1.165, 1.54) is 11.3 Å². The molecule has 0 radical (unpaired) electrons. The van der Waals surface area contributed by atoms with Gasteiger partial charge in [-0.2, -0.15) is 0 Å². The fourth-order valence-electron chi connectivity index (χ4n) is 3.30. The maximum Gasteiger partial charge on any atom is 0.261 e. The van der Waals surface area contributed by atoms with Crippen LogP contribution in [0.1, 0.15) is 26.4 Å². The van der Waals surface area contributed by atoms with E-state index in [4.69, 9.17) is 4.74 Å². The number of hydrogen-bond acceptors (Lipinski definition) is 5. The molecule has 0 spiro atoms. The lowest BCUT2D eigenvalue weighted by Gasteiger charge is -2.17. The molecule has 0 saturated heterocycles. The van der Waals surface area contributed by atoms with E-state index in [1.54, 1.807) is 25.3 Å². The molecule has 0 bridgehead atoms. The van der Waals surface area contributed by atoms with Crippen LogP contribution in [0.3, 0.4) is 0 Å². The number of methoxy groups -OCH3 is 1. The van der Waals surface area contributed by atoms with Gasteiger partial charge in [-0.15, -0.1) is 11.3 Å². The van der Waals surface area contributed by atoms with Crippen molar-refractivity contribution in [3.05, 3.63) is 70.1 Å². The zero-order valence-electron chi connectivity index (χ0n) is 15.5. The van der Waals surface area contributed by atoms with Crippen LogP contribution in [-0.2, 0) is 22.1 Å². The normalized spacial score (nSPS) is 14.1. The Labute approximate surface area is 167 Å². The van der Waals surface area contributed by atoms with Crippen molar-refractivity contribution in [3.8, 4) is 16.2 Å². The lowest BCUT2D eigenvalue weighted by Crippen LogP contribution is -2.21. The highest BCUT2D eigenvalue weighted by Gasteiger charge is 2.30. The highest BCUT2D eigenvalue weighted by Crippen LogP contribution is 2.43. The van der Waals surface area contributed by atoms with Crippen molar-refractivity contribution in [2.45, 2.75) is 24.1 Å². The van der Waals surface area contributed by atoms with Crippen LogP contribution in [0.4, 0.5) is 0 Å². The summed E-state index contributed by atoms with van der Waals surface area (Å²) in [6.45, 7) is 2.29. The van der Waals surface area contributed by atoms with E-state index in [9.17, 15) is 13.2 Å². The van der Waals surface area contributed by atoms with Gasteiger partial charge in [-0.1, -0.05) is 23.8 Å². The van der Waals surface area contributed by atoms with Gasteiger partial charge < -0.3 is 10.1 Å². The predicted octanol–water partition coefficient (Wildman–Crippen LogP) is 3.95. The predicted molar refractivity (Wildman–Crippen MR) is 110 cm³/mol. The third-order valence-corrected chi connectivity index (χ3v) is 7.61. The molecule has 0 saturated carbocycles. The Bertz CT molecular complexity index is 1180. The molecular weight excluding hydrogens is 394 g/mol. The molecule has 1 aliphatic heterocycles. The van der Waals surface area contributed by atoms with Crippen LogP contribution in [0.5, 0.6) is 5.75 Å². The monoisotopic (exact) mass is 413 g/mol. The number of carbonyl (C=O) groups is 1. The molecule has 1 N–H and O–H groups in total. The average Bonchev–Trinajstić information content (AvgIpc) is 3.09. The molecule has 0 atom stereocenters. The van der Waals surface area contributed by atoms with Crippen LogP contribution in [0.25, 0.3) is 10.4 Å². The summed E-state index contributed by atoms with van der Waals surface area (Å²) in [6, 6.07) is 14.5. The summed E-state index contributed by atoms with van der Waals surface area (Å²) >= 11 is 1.34. The summed E-state index contributed by atoms with van der Waals surface area (Å²) in [5.74, 6) is 0.447. The number of thiophene rings is 1. The van der Waals surface area contributed by atoms with Gasteiger partial charge in [0.1, 0.15) is 5.75 Å². The quantitative estimate of drug-likeness (QED) is 0.703. The van der Waals surface area contributed by atoms with E-state index in [1.807, 2.05) is 37.3 Å². The van der Waals surface area contributed by atoms with Crippen molar-refractivity contribution in [2.24, 2.45) is 0 Å². The zero-order chi connectivity index (χ0) is 19.9. The van der Waals surface area contributed by atoms with Gasteiger partial charge in [0, 0.05) is 17.0 Å². The summed E-state index contributed by atoms with van der Waals surface area (Å²) in [5.41, 5.74) is 3.30. The van der Waals surface area contributed by atoms with Crippen molar-refractivity contribution in [3.63, 3.8) is 0 Å². The molecular formula is C21H19NO4S2. The smallest absolute Gasteiger partial charge is 0.261 e. The molecule has 4 rings (SSSR count). The number of aryl methyl sites for hydroxylation is 1. The molecule has 144 valence electrons. The van der Waals surface area contributed by atoms with Crippen LogP contribution >= 0.6 is 11.3 Å². The van der Waals surface area contributed by atoms with Gasteiger partial charge in [-0.3, -0.25) is 4.79 Å². The molecule has 3 aromatic rings. The molecule has 0 fully saturated rings. The number of benzene rings is 2. The van der Waals surface area contributed by atoms with Crippen LogP contribution in [0, 0.1) is 6.92 Å². The van der Waals surface area contributed by atoms with Crippen LogP contribution in [0.2, 0.25) is 0 Å². The van der Waals surface area contributed by atoms with Crippen molar-refractivity contribution < 1.29 is 17.9 Å². The fraction of sp³-hybridized carbons (Fsp3) is 0.190. The number of rotatable bonds is 4. The van der Waals surface area contributed by atoms with Crippen molar-refractivity contribution in [1.29, 1.82) is 0 Å². The Morgan fingerprint density at radius 3 is 2.79 bits per heavy atom. The third-order valence-electron chi connectivity index (χ3n) is 4.68. The number of amides is 1. The number of ether oxygens (including phenoxy) is 1. The maximum absolute atomic E-state index is 12.6. The minimum absolute atomic E-state index is 0.0714. The molecule has 2 heterocycles. The summed E-state index contributed by atoms with van der Waals surface area (Å²) < 4.78 is 30.4. The highest BCUT2D eigenvalue weighted by atomic mass is 32.2. The minimum atomic E-state index is -3.39. The first-order valence-corrected chi connectivity index (χ1v) is 11.2. The second kappa shape index (κ2) is 7.07. The van der Waals surface area contributed by atoms with Gasteiger partial charge >= 0.3 is 0 Å². The molecule has 0 aliphatic carbocycles. The summed E-state index contributed by atoms with van der Waals surface area (Å²) in [5, 5.41) is 2.90. The zero-order valence-corrected chi connectivity index (χ0v) is 17.1. The molecule has 0 unspecified atom stereocenters. The number of sulfone groups is 1. The number of hydrogen-bond donors (Lipinski definition) is 1. The van der Waals surface area contributed by atoms with E-state index in [0.29, 0.717) is 27.4 Å². The molecule has 7 heteroatoms. The first-order valence-electron chi connectivity index (χ1n) is 8.75. The average molecular weight is 414 g/mol. The topological polar surface area (TPSA) is 72.5 Å². The van der Waals surface area contributed by atoms with Crippen LogP contribution in [0.15, 0.2) is 53.4 Å². The van der Waals surface area contributed by atoms with Gasteiger partial charge in [-0.05, 0) is 48.4 Å². The van der Waals surface area contributed by atoms with Crippen molar-refractivity contribution >= 4 is 27.1 Å². The van der Waals surface area contributed by atoms with E-state index in [0.717, 1.165) is 21.8 Å². The van der Waals surface area contributed by atoms with E-state index in [-0.39, 0.29) is 11.7 Å². The van der Waals surface area contributed by atoms with Crippen LogP contribution < -0.4 is 10.1 Å². The Morgan fingerprint density at radius 1 is 1.18 bits per heavy atom. The molecule has 1 aliphatic rings. The van der Waals surface area contributed by atoms with Gasteiger partial charge in [0.25, 0.3) is 5.91 Å². The summed E-state index contributed by atoms with van der Waals surface area (Å²) in [4.78, 5) is 14.4. The standard InChI is InChI=1S/C21H19NO4S2/c1-13-6-7-19-17(8-13)20-15(12-28(19,24)25)10-18(27-20)21(23)22-11-14-4-3-5-16(9-14)26-2/h3-10H,11-12H2,1-2H3,(H,22,23). The SMILES string of the molecule is COc1cccc(CNC(=O)c2cc3c(s2)-c2cc(C)ccc2S(=O)(=O)C3)c1. The Hall–Kier alpha value is -2.64. The first kappa shape index (κ1) is 18.7. The largest absolute Gasteiger partial charge is 0.497 e. The van der Waals surface area contributed by atoms with Crippen molar-refractivity contribution in [2.75, 3.05) is 7.11 Å². The minimum Gasteiger partial charge on any atom is -0.497 e. The van der Waals surface area contributed by atoms with Crippen molar-refractivity contribution in [1.82, 2.24) is 5.32 Å². The maximum atomic E-state index is 12.6. The Morgan fingerprint density at radius 2 is 2.00 bits per heavy atom. The number of carbonyl (C=O) groups excluding carboxylic acids is 1. The van der Waals surface area contributed by atoms with E-state index < -0.39 is 9.84 Å². The molecule has 28 heavy (non-hydrogen) atoms. The Balaban J connectivity index is 1.61. The number of nitrogens with one attached hydrogen (secondary N) is 1. The summed E-state index contributed by atoms with van der Waals surface area (Å²) in [7, 11) is -1.79. The fourth-order valence-corrected chi connectivity index (χ4v) is 6.15. The first-order chi connectivity index (χ1) is 13.4. The third kappa shape index (κ3) is 3.43. The second-order valence-corrected chi connectivity index (χ2v) is 9.77. The van der Waals surface area contributed by atoms with Crippen LogP contribution in [-0.4, -0.2) is 21.4 Å². The molecule has 1 aromatic heterocycles. The lowest BCUT2D eigenvalue weighted by atomic mass is 10.1. The van der Waals surface area contributed by atoms with Gasteiger partial charge in [0.2, 0.25) is 0 Å². The van der Waals surface area contributed by atoms with E-state index in [2.05, 4.69) is 5.32 Å². The lowest BCUT2D eigenvalue weighted by molar-refractivity contribution is 0.0955. The van der Waals surface area contributed by atoms with Gasteiger partial charge in [0.05, 0.1) is 22.6 Å². The molecule has 1 amide bonds. The van der Waals surface area contributed by atoms with Gasteiger partial charge in [-0.25, -0.2) is 8.42 Å². The molecule has 2 aromatic carbocycles. The second-order valence-electron chi connectivity index (χ2n) is 6.76. The molecule has 5 nitrogen and oxygen atoms in total. The van der Waals surface area contributed by atoms with Gasteiger partial charge in [0.15, 0.2) is 9.84 Å². The number of fused-ring (bicyclic) bond motifs is 3. The van der Waals surface area contributed by atoms with E-state index >= 15 is 0 Å². The summed E-state index contributed by atoms with van der Waals surface area (Å²) in [6.07, 6.45) is 0. The Kier molecular flexibility index (Phi) is 4.72. The highest BCUT2D eigenvalue weighted by molar-refractivity contribution is 7.91.